The lowest BCUT2D eigenvalue weighted by atomic mass is 10.1. The Morgan fingerprint density at radius 3 is 2.15 bits per heavy atom. The number of carbonyl (C=O) groups excluding carboxylic acids is 1. The molecule has 0 spiro atoms. The molecular formula is C25H38N4O3S. The largest absolute Gasteiger partial charge is 0.497 e. The molecule has 2 aromatic rings. The van der Waals surface area contributed by atoms with Crippen LogP contribution >= 0.6 is 0 Å². The summed E-state index contributed by atoms with van der Waals surface area (Å²) in [6.07, 6.45) is 0.303. The fourth-order valence-corrected chi connectivity index (χ4v) is 4.74. The van der Waals surface area contributed by atoms with Crippen molar-refractivity contribution in [2.75, 3.05) is 60.3 Å². The van der Waals surface area contributed by atoms with Crippen molar-refractivity contribution >= 4 is 22.6 Å². The van der Waals surface area contributed by atoms with Gasteiger partial charge in [0, 0.05) is 52.4 Å². The zero-order valence-electron chi connectivity index (χ0n) is 21.0. The first-order valence-corrected chi connectivity index (χ1v) is 12.2. The average Bonchev–Trinajstić information content (AvgIpc) is 2.77. The van der Waals surface area contributed by atoms with Gasteiger partial charge in [0.2, 0.25) is 5.91 Å². The summed E-state index contributed by atoms with van der Waals surface area (Å²) in [5, 5.41) is 3.39. The lowest BCUT2D eigenvalue weighted by Gasteiger charge is -2.21. The predicted molar refractivity (Wildman–Crippen MR) is 136 cm³/mol. The number of likely N-dealkylation sites (N-methyl/N-ethyl adjacent to an activating group) is 1. The number of amides is 1. The maximum Gasteiger partial charge on any atom is 0.223 e. The molecule has 0 aromatic heterocycles. The second-order valence-electron chi connectivity index (χ2n) is 8.62. The minimum atomic E-state index is -1.34. The summed E-state index contributed by atoms with van der Waals surface area (Å²) in [5.41, 5.74) is 3.98. The average molecular weight is 475 g/mol. The van der Waals surface area contributed by atoms with Gasteiger partial charge in [-0.15, -0.1) is 0 Å². The number of carbonyl (C=O) groups is 1. The van der Waals surface area contributed by atoms with E-state index in [2.05, 4.69) is 10.2 Å². The van der Waals surface area contributed by atoms with Crippen LogP contribution in [0.1, 0.15) is 23.1 Å². The normalized spacial score (nSPS) is 12.2. The molecule has 0 heterocycles. The zero-order chi connectivity index (χ0) is 24.5. The summed E-state index contributed by atoms with van der Waals surface area (Å²) >= 11 is 0. The highest BCUT2D eigenvalue weighted by molar-refractivity contribution is 7.82. The van der Waals surface area contributed by atoms with Gasteiger partial charge in [-0.25, -0.2) is 8.51 Å². The molecule has 182 valence electrons. The maximum absolute atomic E-state index is 13.1. The van der Waals surface area contributed by atoms with Gasteiger partial charge in [-0.2, -0.15) is 0 Å². The van der Waals surface area contributed by atoms with E-state index in [0.717, 1.165) is 46.1 Å². The maximum atomic E-state index is 13.1. The smallest absolute Gasteiger partial charge is 0.223 e. The van der Waals surface area contributed by atoms with Gasteiger partial charge in [-0.05, 0) is 68.9 Å². The van der Waals surface area contributed by atoms with Gasteiger partial charge in [-0.1, -0.05) is 12.1 Å². The van der Waals surface area contributed by atoms with E-state index in [-0.39, 0.29) is 5.91 Å². The number of hydrogen-bond donors (Lipinski definition) is 1. The standard InChI is InChI=1S/C25H38N4O3S/c1-19-16-23(32-7)17-20(2)25(19)33(31)29(6)14-12-24(30)28(5)18-21-8-10-22(11-9-21)26-13-15-27(3)4/h8-11,16-17,26H,12-15,18H2,1-7H3. The Labute approximate surface area is 201 Å². The van der Waals surface area contributed by atoms with Crippen molar-refractivity contribution in [2.24, 2.45) is 0 Å². The van der Waals surface area contributed by atoms with Crippen LogP contribution in [0.3, 0.4) is 0 Å². The molecule has 1 atom stereocenters. The molecule has 0 saturated carbocycles. The van der Waals surface area contributed by atoms with Gasteiger partial charge in [0.15, 0.2) is 0 Å². The molecule has 0 radical (unpaired) electrons. The minimum absolute atomic E-state index is 0.0233. The number of anilines is 1. The quantitative estimate of drug-likeness (QED) is 0.511. The third-order valence-electron chi connectivity index (χ3n) is 5.46. The third-order valence-corrected chi connectivity index (χ3v) is 7.20. The molecule has 1 unspecified atom stereocenters. The van der Waals surface area contributed by atoms with Crippen LogP contribution in [-0.4, -0.2) is 79.2 Å². The summed E-state index contributed by atoms with van der Waals surface area (Å²) in [4.78, 5) is 17.3. The molecule has 0 aliphatic rings. The first-order valence-electron chi connectivity index (χ1n) is 11.1. The van der Waals surface area contributed by atoms with Crippen molar-refractivity contribution in [1.29, 1.82) is 0 Å². The summed E-state index contributed by atoms with van der Waals surface area (Å²) < 4.78 is 20.1. The number of nitrogens with one attached hydrogen (secondary N) is 1. The molecule has 2 rings (SSSR count). The Morgan fingerprint density at radius 2 is 1.61 bits per heavy atom. The minimum Gasteiger partial charge on any atom is -0.497 e. The number of nitrogens with zero attached hydrogens (tertiary/aromatic N) is 3. The van der Waals surface area contributed by atoms with Crippen molar-refractivity contribution in [3.8, 4) is 5.75 Å². The highest BCUT2D eigenvalue weighted by Gasteiger charge is 2.19. The Bertz CT molecular complexity index is 924. The van der Waals surface area contributed by atoms with Crippen LogP contribution in [-0.2, 0) is 22.3 Å². The highest BCUT2D eigenvalue weighted by atomic mass is 32.2. The van der Waals surface area contributed by atoms with Crippen molar-refractivity contribution in [3.63, 3.8) is 0 Å². The molecule has 0 fully saturated rings. The first-order chi connectivity index (χ1) is 15.6. The molecule has 2 aromatic carbocycles. The van der Waals surface area contributed by atoms with Crippen LogP contribution in [0.2, 0.25) is 0 Å². The SMILES string of the molecule is COc1cc(C)c(S(=O)N(C)CCC(=O)N(C)Cc2ccc(NCCN(C)C)cc2)c(C)c1. The lowest BCUT2D eigenvalue weighted by Crippen LogP contribution is -2.31. The molecule has 0 saturated heterocycles. The van der Waals surface area contributed by atoms with Gasteiger partial charge in [-0.3, -0.25) is 4.79 Å². The van der Waals surface area contributed by atoms with Crippen molar-refractivity contribution in [3.05, 3.63) is 53.1 Å². The summed E-state index contributed by atoms with van der Waals surface area (Å²) in [5.74, 6) is 0.776. The van der Waals surface area contributed by atoms with E-state index in [4.69, 9.17) is 4.74 Å². The summed E-state index contributed by atoms with van der Waals surface area (Å²) in [6, 6.07) is 11.9. The fraction of sp³-hybridized carbons (Fsp3) is 0.480. The summed E-state index contributed by atoms with van der Waals surface area (Å²) in [7, 11) is 7.97. The van der Waals surface area contributed by atoms with Gasteiger partial charge in [0.05, 0.1) is 12.0 Å². The van der Waals surface area contributed by atoms with E-state index >= 15 is 0 Å². The number of benzene rings is 2. The monoisotopic (exact) mass is 474 g/mol. The van der Waals surface area contributed by atoms with Crippen molar-refractivity contribution < 1.29 is 13.7 Å². The zero-order valence-corrected chi connectivity index (χ0v) is 21.8. The Hall–Kier alpha value is -2.42. The molecule has 1 N–H and O–H groups in total. The summed E-state index contributed by atoms with van der Waals surface area (Å²) in [6.45, 7) is 6.66. The molecule has 33 heavy (non-hydrogen) atoms. The lowest BCUT2D eigenvalue weighted by molar-refractivity contribution is -0.130. The Morgan fingerprint density at radius 1 is 1.00 bits per heavy atom. The molecular weight excluding hydrogens is 436 g/mol. The van der Waals surface area contributed by atoms with Crippen LogP contribution in [0.25, 0.3) is 0 Å². The van der Waals surface area contributed by atoms with Gasteiger partial charge >= 0.3 is 0 Å². The van der Waals surface area contributed by atoms with Crippen LogP contribution < -0.4 is 10.1 Å². The van der Waals surface area contributed by atoms with Crippen LogP contribution in [0, 0.1) is 13.8 Å². The first kappa shape index (κ1) is 26.8. The molecule has 0 aliphatic heterocycles. The number of hydrogen-bond acceptors (Lipinski definition) is 5. The number of aryl methyl sites for hydroxylation is 2. The van der Waals surface area contributed by atoms with Crippen molar-refractivity contribution in [2.45, 2.75) is 31.7 Å². The number of ether oxygens (including phenoxy) is 1. The van der Waals surface area contributed by atoms with E-state index < -0.39 is 11.0 Å². The molecule has 1 amide bonds. The Kier molecular flexibility index (Phi) is 10.3. The van der Waals surface area contributed by atoms with Crippen LogP contribution in [0.5, 0.6) is 5.75 Å². The van der Waals surface area contributed by atoms with Gasteiger partial charge < -0.3 is 19.9 Å². The second-order valence-corrected chi connectivity index (χ2v) is 10.1. The van der Waals surface area contributed by atoms with E-state index in [9.17, 15) is 9.00 Å². The Balaban J connectivity index is 1.86. The topological polar surface area (TPSA) is 65.1 Å². The third kappa shape index (κ3) is 8.14. The van der Waals surface area contributed by atoms with E-state index in [1.54, 1.807) is 30.4 Å². The van der Waals surface area contributed by atoms with E-state index in [1.165, 1.54) is 0 Å². The molecule has 0 aliphatic carbocycles. The number of rotatable bonds is 12. The fourth-order valence-electron chi connectivity index (χ4n) is 3.50. The van der Waals surface area contributed by atoms with Crippen LogP contribution in [0.4, 0.5) is 5.69 Å². The predicted octanol–water partition coefficient (Wildman–Crippen LogP) is 3.29. The number of methoxy groups -OCH3 is 1. The molecule has 8 heteroatoms. The van der Waals surface area contributed by atoms with E-state index in [0.29, 0.717) is 19.5 Å². The van der Waals surface area contributed by atoms with Crippen LogP contribution in [0.15, 0.2) is 41.3 Å². The van der Waals surface area contributed by atoms with E-state index in [1.807, 2.05) is 64.3 Å². The molecule has 7 nitrogen and oxygen atoms in total. The van der Waals surface area contributed by atoms with Gasteiger partial charge in [0.1, 0.15) is 16.7 Å². The van der Waals surface area contributed by atoms with Gasteiger partial charge in [0.25, 0.3) is 0 Å². The molecule has 0 bridgehead atoms. The second kappa shape index (κ2) is 12.7. The highest BCUT2D eigenvalue weighted by Crippen LogP contribution is 2.25. The van der Waals surface area contributed by atoms with Crippen molar-refractivity contribution in [1.82, 2.24) is 14.1 Å².